The molecule has 102 valence electrons. The maximum atomic E-state index is 12.3. The van der Waals surface area contributed by atoms with E-state index in [1.165, 1.54) is 18.2 Å². The van der Waals surface area contributed by atoms with Crippen molar-refractivity contribution in [2.45, 2.75) is 25.6 Å². The molecule has 0 N–H and O–H groups in total. The Morgan fingerprint density at radius 3 is 2.74 bits per heavy atom. The van der Waals surface area contributed by atoms with Gasteiger partial charge in [-0.05, 0) is 48.7 Å². The van der Waals surface area contributed by atoms with Gasteiger partial charge in [0.15, 0.2) is 11.5 Å². The van der Waals surface area contributed by atoms with Gasteiger partial charge >= 0.3 is 6.61 Å². The zero-order valence-corrected chi connectivity index (χ0v) is 10.6. The number of carbonyl (C=O) groups is 1. The Kier molecular flexibility index (Phi) is 4.37. The van der Waals surface area contributed by atoms with Gasteiger partial charge in [0, 0.05) is 5.56 Å². The molecular formula is C13H11ClF2O3. The van der Waals surface area contributed by atoms with Gasteiger partial charge in [-0.3, -0.25) is 4.79 Å². The maximum Gasteiger partial charge on any atom is 0.387 e. The molecule has 0 radical (unpaired) electrons. The first-order valence-corrected chi connectivity index (χ1v) is 6.06. The molecule has 0 aliphatic heterocycles. The van der Waals surface area contributed by atoms with E-state index in [0.717, 1.165) is 12.8 Å². The number of hydrogen-bond acceptors (Lipinski definition) is 3. The van der Waals surface area contributed by atoms with Crippen molar-refractivity contribution in [3.63, 3.8) is 0 Å². The van der Waals surface area contributed by atoms with Crippen LogP contribution in [0.25, 0.3) is 0 Å². The third kappa shape index (κ3) is 3.67. The molecule has 6 heteroatoms. The molecule has 1 aromatic rings. The molecule has 2 rings (SSSR count). The number of hydrogen-bond donors (Lipinski definition) is 0. The van der Waals surface area contributed by atoms with Crippen molar-refractivity contribution in [2.24, 2.45) is 0 Å². The second kappa shape index (κ2) is 6.02. The molecule has 0 saturated heterocycles. The second-order valence-electron chi connectivity index (χ2n) is 3.98. The number of allylic oxidation sites excluding steroid dienone is 1. The van der Waals surface area contributed by atoms with Gasteiger partial charge in [0.1, 0.15) is 6.10 Å². The predicted octanol–water partition coefficient (Wildman–Crippen LogP) is 3.76. The van der Waals surface area contributed by atoms with E-state index in [4.69, 9.17) is 16.3 Å². The highest BCUT2D eigenvalue weighted by Gasteiger charge is 2.18. The number of alkyl halides is 2. The molecule has 19 heavy (non-hydrogen) atoms. The molecule has 0 bridgehead atoms. The van der Waals surface area contributed by atoms with Crippen LogP contribution < -0.4 is 9.47 Å². The Bertz CT molecular complexity index is 503. The van der Waals surface area contributed by atoms with Crippen LogP contribution in [0.3, 0.4) is 0 Å². The topological polar surface area (TPSA) is 35.5 Å². The molecule has 1 unspecified atom stereocenters. The zero-order chi connectivity index (χ0) is 13.8. The van der Waals surface area contributed by atoms with E-state index in [2.05, 4.69) is 4.74 Å². The van der Waals surface area contributed by atoms with Crippen LogP contribution in [-0.2, 0) is 0 Å². The highest BCUT2D eigenvalue weighted by molar-refractivity contribution is 6.67. The smallest absolute Gasteiger partial charge is 0.387 e. The van der Waals surface area contributed by atoms with Gasteiger partial charge in [0.2, 0.25) is 0 Å². The minimum absolute atomic E-state index is 0.0864. The number of ether oxygens (including phenoxy) is 2. The molecule has 1 aliphatic rings. The van der Waals surface area contributed by atoms with Crippen molar-refractivity contribution < 1.29 is 23.0 Å². The summed E-state index contributed by atoms with van der Waals surface area (Å²) in [5.74, 6) is -0.0275. The fraction of sp³-hybridized carbons (Fsp3) is 0.308. The lowest BCUT2D eigenvalue weighted by atomic mass is 10.2. The van der Waals surface area contributed by atoms with E-state index < -0.39 is 11.9 Å². The molecule has 0 spiro atoms. The maximum absolute atomic E-state index is 12.3. The number of rotatable bonds is 5. The highest BCUT2D eigenvalue weighted by atomic mass is 35.5. The van der Waals surface area contributed by atoms with E-state index in [1.54, 1.807) is 0 Å². The average Bonchev–Trinajstić information content (AvgIpc) is 2.83. The van der Waals surface area contributed by atoms with Crippen LogP contribution >= 0.6 is 11.6 Å². The summed E-state index contributed by atoms with van der Waals surface area (Å²) < 4.78 is 34.5. The Balaban J connectivity index is 2.26. The SMILES string of the molecule is O=C(Cl)c1ccc(OC(F)F)c(OC2C=CCC2)c1. The lowest BCUT2D eigenvalue weighted by molar-refractivity contribution is -0.0518. The molecule has 0 heterocycles. The number of benzene rings is 1. The van der Waals surface area contributed by atoms with E-state index >= 15 is 0 Å². The summed E-state index contributed by atoms with van der Waals surface area (Å²) in [5, 5.41) is -0.685. The molecule has 1 aliphatic carbocycles. The van der Waals surface area contributed by atoms with Crippen LogP contribution in [0.5, 0.6) is 11.5 Å². The minimum atomic E-state index is -2.96. The van der Waals surface area contributed by atoms with Crippen molar-refractivity contribution in [3.05, 3.63) is 35.9 Å². The monoisotopic (exact) mass is 288 g/mol. The summed E-state index contributed by atoms with van der Waals surface area (Å²) in [6.07, 6.45) is 5.19. The highest BCUT2D eigenvalue weighted by Crippen LogP contribution is 2.32. The third-order valence-corrected chi connectivity index (χ3v) is 2.85. The van der Waals surface area contributed by atoms with Crippen LogP contribution in [0, 0.1) is 0 Å². The van der Waals surface area contributed by atoms with Crippen molar-refractivity contribution >= 4 is 16.8 Å². The summed E-state index contributed by atoms with van der Waals surface area (Å²) in [5.41, 5.74) is 0.167. The predicted molar refractivity (Wildman–Crippen MR) is 66.0 cm³/mol. The zero-order valence-electron chi connectivity index (χ0n) is 9.81. The summed E-state index contributed by atoms with van der Waals surface area (Å²) in [6.45, 7) is -2.96. The van der Waals surface area contributed by atoms with Gasteiger partial charge in [0.05, 0.1) is 0 Å². The second-order valence-corrected chi connectivity index (χ2v) is 4.32. The molecular weight excluding hydrogens is 278 g/mol. The van der Waals surface area contributed by atoms with Crippen molar-refractivity contribution in [2.75, 3.05) is 0 Å². The largest absolute Gasteiger partial charge is 0.482 e. The normalized spacial score (nSPS) is 17.8. The molecule has 3 nitrogen and oxygen atoms in total. The fourth-order valence-corrected chi connectivity index (χ4v) is 1.90. The van der Waals surface area contributed by atoms with Crippen molar-refractivity contribution in [1.82, 2.24) is 0 Å². The van der Waals surface area contributed by atoms with Gasteiger partial charge in [-0.2, -0.15) is 8.78 Å². The Hall–Kier alpha value is -1.62. The van der Waals surface area contributed by atoms with Gasteiger partial charge in [-0.15, -0.1) is 0 Å². The Morgan fingerprint density at radius 1 is 1.37 bits per heavy atom. The molecule has 0 fully saturated rings. The third-order valence-electron chi connectivity index (χ3n) is 2.63. The molecule has 0 aromatic heterocycles. The first kappa shape index (κ1) is 13.8. The lowest BCUT2D eigenvalue weighted by Gasteiger charge is -2.16. The van der Waals surface area contributed by atoms with Gasteiger partial charge in [-0.1, -0.05) is 6.08 Å². The number of halogens is 3. The van der Waals surface area contributed by atoms with Crippen LogP contribution in [0.15, 0.2) is 30.4 Å². The summed E-state index contributed by atoms with van der Waals surface area (Å²) in [6, 6.07) is 3.86. The minimum Gasteiger partial charge on any atom is -0.482 e. The van der Waals surface area contributed by atoms with E-state index in [9.17, 15) is 13.6 Å². The van der Waals surface area contributed by atoms with Gasteiger partial charge in [0.25, 0.3) is 5.24 Å². The molecule has 1 atom stereocenters. The standard InChI is InChI=1S/C13H11ClF2O3/c14-12(17)8-5-6-10(19-13(15)16)11(7-8)18-9-3-1-2-4-9/h1,3,5-7,9,13H,2,4H2. The van der Waals surface area contributed by atoms with Crippen LogP contribution in [0.4, 0.5) is 8.78 Å². The summed E-state index contributed by atoms with van der Waals surface area (Å²) in [4.78, 5) is 11.1. The Morgan fingerprint density at radius 2 is 2.16 bits per heavy atom. The van der Waals surface area contributed by atoms with E-state index in [0.29, 0.717) is 0 Å². The summed E-state index contributed by atoms with van der Waals surface area (Å²) >= 11 is 5.35. The lowest BCUT2D eigenvalue weighted by Crippen LogP contribution is -2.12. The first-order chi connectivity index (χ1) is 9.06. The van der Waals surface area contributed by atoms with Crippen molar-refractivity contribution in [1.29, 1.82) is 0 Å². The number of carbonyl (C=O) groups excluding carboxylic acids is 1. The van der Waals surface area contributed by atoms with E-state index in [1.807, 2.05) is 12.2 Å². The quantitative estimate of drug-likeness (QED) is 0.611. The molecule has 0 amide bonds. The first-order valence-electron chi connectivity index (χ1n) is 5.68. The molecule has 1 aromatic carbocycles. The summed E-state index contributed by atoms with van der Waals surface area (Å²) in [7, 11) is 0. The fourth-order valence-electron chi connectivity index (χ4n) is 1.78. The van der Waals surface area contributed by atoms with Gasteiger partial charge in [-0.25, -0.2) is 0 Å². The van der Waals surface area contributed by atoms with Crippen LogP contribution in [0.2, 0.25) is 0 Å². The van der Waals surface area contributed by atoms with Crippen LogP contribution in [-0.4, -0.2) is 18.0 Å². The average molecular weight is 289 g/mol. The van der Waals surface area contributed by atoms with Crippen LogP contribution in [0.1, 0.15) is 23.2 Å². The van der Waals surface area contributed by atoms with Gasteiger partial charge < -0.3 is 9.47 Å². The molecule has 0 saturated carbocycles. The van der Waals surface area contributed by atoms with E-state index in [-0.39, 0.29) is 23.2 Å². The Labute approximate surface area is 113 Å². The van der Waals surface area contributed by atoms with Crippen molar-refractivity contribution in [3.8, 4) is 11.5 Å².